The highest BCUT2D eigenvalue weighted by Crippen LogP contribution is 2.26. The summed E-state index contributed by atoms with van der Waals surface area (Å²) in [6.07, 6.45) is 0. The molecule has 0 N–H and O–H groups in total. The largest absolute Gasteiger partial charge is 0.378 e. The third-order valence-corrected chi connectivity index (χ3v) is 4.75. The molecule has 0 bridgehead atoms. The third-order valence-electron chi connectivity index (χ3n) is 4.75. The van der Waals surface area contributed by atoms with E-state index >= 15 is 0 Å². The Labute approximate surface area is 142 Å². The van der Waals surface area contributed by atoms with Crippen LogP contribution in [0.15, 0.2) is 12.1 Å². The van der Waals surface area contributed by atoms with Gasteiger partial charge in [0, 0.05) is 45.0 Å². The van der Waals surface area contributed by atoms with E-state index in [1.54, 1.807) is 0 Å². The number of ether oxygens (including phenoxy) is 1. The molecule has 2 aromatic rings. The molecule has 0 aromatic carbocycles. The van der Waals surface area contributed by atoms with Crippen molar-refractivity contribution in [3.63, 3.8) is 0 Å². The number of rotatable bonds is 2. The zero-order chi connectivity index (χ0) is 16.5. The Morgan fingerprint density at radius 3 is 2.38 bits per heavy atom. The van der Waals surface area contributed by atoms with Gasteiger partial charge in [-0.2, -0.15) is 4.98 Å². The SMILES string of the molecule is Cc1ccc2nc(N3CCN(C)CC3)nc(N3CCOCC3)c2n1. The van der Waals surface area contributed by atoms with E-state index in [1.807, 2.05) is 13.0 Å². The quantitative estimate of drug-likeness (QED) is 0.812. The van der Waals surface area contributed by atoms with E-state index in [0.717, 1.165) is 81.0 Å². The summed E-state index contributed by atoms with van der Waals surface area (Å²) >= 11 is 0. The van der Waals surface area contributed by atoms with Crippen LogP contribution in [0, 0.1) is 6.92 Å². The molecular formula is C17H24N6O. The maximum Gasteiger partial charge on any atom is 0.228 e. The minimum Gasteiger partial charge on any atom is -0.378 e. The van der Waals surface area contributed by atoms with Gasteiger partial charge in [0.2, 0.25) is 5.95 Å². The van der Waals surface area contributed by atoms with E-state index in [-0.39, 0.29) is 0 Å². The molecule has 0 unspecified atom stereocenters. The molecule has 4 heterocycles. The van der Waals surface area contributed by atoms with Crippen LogP contribution >= 0.6 is 0 Å². The molecule has 0 amide bonds. The Balaban J connectivity index is 1.76. The number of aryl methyl sites for hydroxylation is 1. The average molecular weight is 328 g/mol. The van der Waals surface area contributed by atoms with Gasteiger partial charge < -0.3 is 19.4 Å². The summed E-state index contributed by atoms with van der Waals surface area (Å²) in [5.74, 6) is 1.77. The molecule has 0 spiro atoms. The zero-order valence-corrected chi connectivity index (χ0v) is 14.4. The second kappa shape index (κ2) is 6.49. The lowest BCUT2D eigenvalue weighted by atomic mass is 10.2. The summed E-state index contributed by atoms with van der Waals surface area (Å²) in [7, 11) is 2.16. The van der Waals surface area contributed by atoms with Crippen molar-refractivity contribution in [3.8, 4) is 0 Å². The first-order valence-electron chi connectivity index (χ1n) is 8.62. The van der Waals surface area contributed by atoms with Crippen LogP contribution in [0.4, 0.5) is 11.8 Å². The van der Waals surface area contributed by atoms with Gasteiger partial charge in [-0.1, -0.05) is 0 Å². The monoisotopic (exact) mass is 328 g/mol. The van der Waals surface area contributed by atoms with Crippen molar-refractivity contribution in [3.05, 3.63) is 17.8 Å². The summed E-state index contributed by atoms with van der Waals surface area (Å²) in [6.45, 7) is 9.20. The van der Waals surface area contributed by atoms with Crippen LogP contribution < -0.4 is 9.80 Å². The van der Waals surface area contributed by atoms with E-state index in [4.69, 9.17) is 19.7 Å². The molecule has 128 valence electrons. The van der Waals surface area contributed by atoms with Crippen LogP contribution in [0.5, 0.6) is 0 Å². The summed E-state index contributed by atoms with van der Waals surface area (Å²) in [5, 5.41) is 0. The molecular weight excluding hydrogens is 304 g/mol. The predicted octanol–water partition coefficient (Wildman–Crippen LogP) is 0.922. The molecule has 24 heavy (non-hydrogen) atoms. The highest BCUT2D eigenvalue weighted by molar-refractivity contribution is 5.87. The van der Waals surface area contributed by atoms with Crippen molar-refractivity contribution in [2.24, 2.45) is 0 Å². The predicted molar refractivity (Wildman–Crippen MR) is 94.8 cm³/mol. The number of pyridine rings is 1. The molecule has 0 radical (unpaired) electrons. The van der Waals surface area contributed by atoms with Gasteiger partial charge in [-0.05, 0) is 26.1 Å². The molecule has 4 rings (SSSR count). The van der Waals surface area contributed by atoms with Crippen molar-refractivity contribution in [1.29, 1.82) is 0 Å². The first-order valence-corrected chi connectivity index (χ1v) is 8.62. The van der Waals surface area contributed by atoms with Crippen molar-refractivity contribution in [2.45, 2.75) is 6.92 Å². The van der Waals surface area contributed by atoms with Gasteiger partial charge in [0.15, 0.2) is 5.82 Å². The number of nitrogens with zero attached hydrogens (tertiary/aromatic N) is 6. The van der Waals surface area contributed by atoms with Crippen molar-refractivity contribution < 1.29 is 4.74 Å². The molecule has 2 fully saturated rings. The number of aromatic nitrogens is 3. The Bertz CT molecular complexity index is 722. The van der Waals surface area contributed by atoms with E-state index in [9.17, 15) is 0 Å². The van der Waals surface area contributed by atoms with E-state index in [0.29, 0.717) is 0 Å². The van der Waals surface area contributed by atoms with Crippen LogP contribution in [0.2, 0.25) is 0 Å². The van der Waals surface area contributed by atoms with Crippen LogP contribution in [0.25, 0.3) is 11.0 Å². The minimum absolute atomic E-state index is 0.737. The number of morpholine rings is 1. The van der Waals surface area contributed by atoms with Crippen LogP contribution in [0.1, 0.15) is 5.69 Å². The number of hydrogen-bond acceptors (Lipinski definition) is 7. The molecule has 2 aliphatic heterocycles. The third kappa shape index (κ3) is 3.01. The fourth-order valence-electron chi connectivity index (χ4n) is 3.23. The lowest BCUT2D eigenvalue weighted by Gasteiger charge is -2.34. The van der Waals surface area contributed by atoms with Gasteiger partial charge >= 0.3 is 0 Å². The van der Waals surface area contributed by atoms with Crippen LogP contribution in [-0.4, -0.2) is 79.4 Å². The first kappa shape index (κ1) is 15.5. The Morgan fingerprint density at radius 2 is 1.62 bits per heavy atom. The van der Waals surface area contributed by atoms with Gasteiger partial charge in [0.25, 0.3) is 0 Å². The van der Waals surface area contributed by atoms with Crippen LogP contribution in [-0.2, 0) is 4.74 Å². The fraction of sp³-hybridized carbons (Fsp3) is 0.588. The summed E-state index contributed by atoms with van der Waals surface area (Å²) in [5.41, 5.74) is 2.81. The maximum atomic E-state index is 5.49. The second-order valence-electron chi connectivity index (χ2n) is 6.56. The summed E-state index contributed by atoms with van der Waals surface area (Å²) < 4.78 is 5.49. The van der Waals surface area contributed by atoms with E-state index < -0.39 is 0 Å². The Hall–Kier alpha value is -1.99. The number of likely N-dealkylation sites (N-methyl/N-ethyl adjacent to an activating group) is 1. The smallest absolute Gasteiger partial charge is 0.228 e. The Morgan fingerprint density at radius 1 is 0.875 bits per heavy atom. The van der Waals surface area contributed by atoms with E-state index in [1.165, 1.54) is 0 Å². The molecule has 0 atom stereocenters. The van der Waals surface area contributed by atoms with Gasteiger partial charge in [0.05, 0.1) is 18.7 Å². The molecule has 7 heteroatoms. The molecule has 0 saturated carbocycles. The number of piperazine rings is 1. The highest BCUT2D eigenvalue weighted by atomic mass is 16.5. The minimum atomic E-state index is 0.737. The molecule has 2 saturated heterocycles. The van der Waals surface area contributed by atoms with Crippen molar-refractivity contribution >= 4 is 22.8 Å². The topological polar surface area (TPSA) is 57.6 Å². The average Bonchev–Trinajstić information content (AvgIpc) is 2.62. The maximum absolute atomic E-state index is 5.49. The van der Waals surface area contributed by atoms with Crippen molar-refractivity contribution in [1.82, 2.24) is 19.9 Å². The van der Waals surface area contributed by atoms with Gasteiger partial charge in [0.1, 0.15) is 5.52 Å². The standard InChI is InChI=1S/C17H24N6O/c1-13-3-4-14-15(18-13)16(22-9-11-24-12-10-22)20-17(19-14)23-7-5-21(2)6-8-23/h3-4H,5-12H2,1-2H3. The lowest BCUT2D eigenvalue weighted by molar-refractivity contribution is 0.122. The Kier molecular flexibility index (Phi) is 4.20. The summed E-state index contributed by atoms with van der Waals surface area (Å²) in [6, 6.07) is 4.08. The fourth-order valence-corrected chi connectivity index (χ4v) is 3.23. The van der Waals surface area contributed by atoms with E-state index in [2.05, 4.69) is 27.8 Å². The van der Waals surface area contributed by atoms with Gasteiger partial charge in [-0.15, -0.1) is 0 Å². The molecule has 7 nitrogen and oxygen atoms in total. The number of fused-ring (bicyclic) bond motifs is 1. The summed E-state index contributed by atoms with van der Waals surface area (Å²) in [4.78, 5) is 21.3. The lowest BCUT2D eigenvalue weighted by Crippen LogP contribution is -2.45. The molecule has 2 aliphatic rings. The van der Waals surface area contributed by atoms with Crippen molar-refractivity contribution in [2.75, 3.05) is 69.3 Å². The van der Waals surface area contributed by atoms with Crippen LogP contribution in [0.3, 0.4) is 0 Å². The van der Waals surface area contributed by atoms with Gasteiger partial charge in [-0.3, -0.25) is 0 Å². The second-order valence-corrected chi connectivity index (χ2v) is 6.56. The molecule has 0 aliphatic carbocycles. The zero-order valence-electron chi connectivity index (χ0n) is 14.4. The molecule has 2 aromatic heterocycles. The number of hydrogen-bond donors (Lipinski definition) is 0. The number of anilines is 2. The first-order chi connectivity index (χ1) is 11.7. The highest BCUT2D eigenvalue weighted by Gasteiger charge is 2.22. The van der Waals surface area contributed by atoms with Gasteiger partial charge in [-0.25, -0.2) is 9.97 Å². The normalized spacial score (nSPS) is 19.9.